The van der Waals surface area contributed by atoms with Gasteiger partial charge in [0.2, 0.25) is 0 Å². The SMILES string of the molecule is CCCCc1cccc(-n2c3ccccc3c3cc4c(cc32)c2ccccc2n4-c2cccc(-c3cccc(-c4nc(-c5ccccc5)nc(-c5ccccc5)n4)c3)c2)c1. The third kappa shape index (κ3) is 6.23. The van der Waals surface area contributed by atoms with Gasteiger partial charge in [-0.05, 0) is 84.1 Å². The molecule has 0 amide bonds. The lowest BCUT2D eigenvalue weighted by Gasteiger charge is -2.12. The summed E-state index contributed by atoms with van der Waals surface area (Å²) in [4.78, 5) is 14.9. The molecule has 0 radical (unpaired) electrons. The van der Waals surface area contributed by atoms with Crippen LogP contribution >= 0.6 is 0 Å². The van der Waals surface area contributed by atoms with Crippen molar-refractivity contribution in [3.63, 3.8) is 0 Å². The number of aromatic nitrogens is 5. The molecule has 0 saturated carbocycles. The van der Waals surface area contributed by atoms with Gasteiger partial charge in [0, 0.05) is 49.6 Å². The smallest absolute Gasteiger partial charge is 0.164 e. The minimum atomic E-state index is 0.638. The third-order valence-corrected chi connectivity index (χ3v) is 11.7. The van der Waals surface area contributed by atoms with Crippen LogP contribution in [-0.2, 0) is 6.42 Å². The van der Waals surface area contributed by atoms with Crippen LogP contribution in [0.4, 0.5) is 0 Å². The van der Waals surface area contributed by atoms with Crippen molar-refractivity contribution in [2.24, 2.45) is 0 Å². The van der Waals surface area contributed by atoms with Crippen molar-refractivity contribution in [3.05, 3.63) is 200 Å². The minimum Gasteiger partial charge on any atom is -0.309 e. The van der Waals surface area contributed by atoms with E-state index in [4.69, 9.17) is 15.0 Å². The van der Waals surface area contributed by atoms with Gasteiger partial charge in [0.25, 0.3) is 0 Å². The first-order valence-corrected chi connectivity index (χ1v) is 20.8. The zero-order chi connectivity index (χ0) is 40.0. The van der Waals surface area contributed by atoms with Crippen LogP contribution in [0.3, 0.4) is 0 Å². The molecule has 0 aliphatic rings. The number of unbranched alkanes of at least 4 members (excludes halogenated alkanes) is 1. The zero-order valence-electron chi connectivity index (χ0n) is 33.3. The molecule has 3 aromatic heterocycles. The van der Waals surface area contributed by atoms with Crippen LogP contribution in [0.15, 0.2) is 194 Å². The first kappa shape index (κ1) is 35.5. The average molecular weight is 772 g/mol. The molecule has 3 heterocycles. The molecule has 286 valence electrons. The van der Waals surface area contributed by atoms with Gasteiger partial charge in [0.15, 0.2) is 17.5 Å². The Bertz CT molecular complexity index is 3300. The summed E-state index contributed by atoms with van der Waals surface area (Å²) in [6.45, 7) is 2.26. The van der Waals surface area contributed by atoms with Crippen molar-refractivity contribution < 1.29 is 0 Å². The number of fused-ring (bicyclic) bond motifs is 6. The molecule has 11 rings (SSSR count). The first-order valence-electron chi connectivity index (χ1n) is 20.8. The minimum absolute atomic E-state index is 0.638. The van der Waals surface area contributed by atoms with Gasteiger partial charge in [-0.25, -0.2) is 15.0 Å². The molecule has 0 aliphatic carbocycles. The molecule has 60 heavy (non-hydrogen) atoms. The number of rotatable bonds is 9. The van der Waals surface area contributed by atoms with E-state index in [9.17, 15) is 0 Å². The molecule has 0 spiro atoms. The van der Waals surface area contributed by atoms with E-state index in [0.717, 1.165) is 39.9 Å². The lowest BCUT2D eigenvalue weighted by atomic mass is 10.0. The molecule has 11 aromatic rings. The summed E-state index contributed by atoms with van der Waals surface area (Å²) < 4.78 is 4.89. The Morgan fingerprint density at radius 3 is 1.38 bits per heavy atom. The Hall–Kier alpha value is -7.63. The molecule has 0 aliphatic heterocycles. The number of hydrogen-bond donors (Lipinski definition) is 0. The molecule has 8 aromatic carbocycles. The van der Waals surface area contributed by atoms with Crippen molar-refractivity contribution in [1.82, 2.24) is 24.1 Å². The zero-order valence-corrected chi connectivity index (χ0v) is 33.3. The average Bonchev–Trinajstić information content (AvgIpc) is 3.82. The maximum absolute atomic E-state index is 5.02. The largest absolute Gasteiger partial charge is 0.309 e. The van der Waals surface area contributed by atoms with Gasteiger partial charge in [0.05, 0.1) is 22.1 Å². The molecule has 5 heteroatoms. The van der Waals surface area contributed by atoms with E-state index in [1.807, 2.05) is 60.7 Å². The van der Waals surface area contributed by atoms with E-state index in [1.165, 1.54) is 67.7 Å². The van der Waals surface area contributed by atoms with Gasteiger partial charge >= 0.3 is 0 Å². The highest BCUT2D eigenvalue weighted by molar-refractivity contribution is 6.19. The van der Waals surface area contributed by atoms with Gasteiger partial charge in [-0.2, -0.15) is 0 Å². The van der Waals surface area contributed by atoms with Gasteiger partial charge in [0.1, 0.15) is 0 Å². The van der Waals surface area contributed by atoms with E-state index < -0.39 is 0 Å². The number of aryl methyl sites for hydroxylation is 1. The number of nitrogens with zero attached hydrogens (tertiary/aromatic N) is 5. The predicted octanol–water partition coefficient (Wildman–Crippen LogP) is 14.1. The lowest BCUT2D eigenvalue weighted by molar-refractivity contribution is 0.794. The normalized spacial score (nSPS) is 11.6. The van der Waals surface area contributed by atoms with E-state index in [1.54, 1.807) is 0 Å². The third-order valence-electron chi connectivity index (χ3n) is 11.7. The topological polar surface area (TPSA) is 48.5 Å². The second-order valence-electron chi connectivity index (χ2n) is 15.5. The first-order chi connectivity index (χ1) is 29.7. The lowest BCUT2D eigenvalue weighted by Crippen LogP contribution is -2.00. The molecule has 5 nitrogen and oxygen atoms in total. The summed E-state index contributed by atoms with van der Waals surface area (Å²) in [6.07, 6.45) is 3.46. The van der Waals surface area contributed by atoms with Crippen molar-refractivity contribution in [1.29, 1.82) is 0 Å². The van der Waals surface area contributed by atoms with Crippen LogP contribution in [0.1, 0.15) is 25.3 Å². The van der Waals surface area contributed by atoms with Crippen LogP contribution in [0, 0.1) is 0 Å². The van der Waals surface area contributed by atoms with Crippen LogP contribution < -0.4 is 0 Å². The molecule has 0 fully saturated rings. The number of para-hydroxylation sites is 2. The van der Waals surface area contributed by atoms with E-state index >= 15 is 0 Å². The summed E-state index contributed by atoms with van der Waals surface area (Å²) in [7, 11) is 0. The van der Waals surface area contributed by atoms with E-state index in [2.05, 4.69) is 150 Å². The van der Waals surface area contributed by atoms with Gasteiger partial charge < -0.3 is 9.13 Å². The fraction of sp³-hybridized carbons (Fsp3) is 0.0727. The molecule has 0 atom stereocenters. The van der Waals surface area contributed by atoms with Gasteiger partial charge in [-0.15, -0.1) is 0 Å². The second kappa shape index (κ2) is 14.9. The van der Waals surface area contributed by atoms with Crippen molar-refractivity contribution in [2.75, 3.05) is 0 Å². The van der Waals surface area contributed by atoms with E-state index in [-0.39, 0.29) is 0 Å². The van der Waals surface area contributed by atoms with Crippen LogP contribution in [0.25, 0.3) is 100 Å². The number of hydrogen-bond acceptors (Lipinski definition) is 3. The molecule has 0 bridgehead atoms. The van der Waals surface area contributed by atoms with E-state index in [0.29, 0.717) is 17.5 Å². The highest BCUT2D eigenvalue weighted by atomic mass is 15.0. The summed E-state index contributed by atoms with van der Waals surface area (Å²) in [5, 5.41) is 4.95. The van der Waals surface area contributed by atoms with Gasteiger partial charge in [-0.3, -0.25) is 0 Å². The molecular weight excluding hydrogens is 731 g/mol. The Balaban J connectivity index is 1.05. The maximum Gasteiger partial charge on any atom is 0.164 e. The molecule has 0 unspecified atom stereocenters. The van der Waals surface area contributed by atoms with Crippen LogP contribution in [-0.4, -0.2) is 24.1 Å². The van der Waals surface area contributed by atoms with Crippen molar-refractivity contribution in [2.45, 2.75) is 26.2 Å². The summed E-state index contributed by atoms with van der Waals surface area (Å²) in [6, 6.07) is 69.2. The Morgan fingerprint density at radius 1 is 0.350 bits per heavy atom. The summed E-state index contributed by atoms with van der Waals surface area (Å²) >= 11 is 0. The molecular formula is C55H41N5. The number of benzene rings is 8. The standard InChI is InChI=1S/C55H41N5/c1-2-3-17-37-18-14-26-43(32-37)59-49-30-12-10-28-45(49)47-36-52-48(35-51(47)59)46-29-11-13-31-50(46)60(52)44-27-16-24-41(34-44)40-23-15-25-42(33-40)55-57-53(38-19-6-4-7-20-38)56-54(58-55)39-21-8-5-9-22-39/h4-16,18-36H,2-3,17H2,1H3. The quantitative estimate of drug-likeness (QED) is 0.147. The Labute approximate surface area is 348 Å². The Kier molecular flexibility index (Phi) is 8.85. The fourth-order valence-corrected chi connectivity index (χ4v) is 8.82. The van der Waals surface area contributed by atoms with Crippen LogP contribution in [0.5, 0.6) is 0 Å². The van der Waals surface area contributed by atoms with Crippen LogP contribution in [0.2, 0.25) is 0 Å². The molecule has 0 N–H and O–H groups in total. The van der Waals surface area contributed by atoms with Gasteiger partial charge in [-0.1, -0.05) is 153 Å². The van der Waals surface area contributed by atoms with Crippen molar-refractivity contribution >= 4 is 43.6 Å². The van der Waals surface area contributed by atoms with Crippen molar-refractivity contribution in [3.8, 4) is 56.7 Å². The second-order valence-corrected chi connectivity index (χ2v) is 15.5. The monoisotopic (exact) mass is 771 g/mol. The maximum atomic E-state index is 5.02. The summed E-state index contributed by atoms with van der Waals surface area (Å²) in [5.74, 6) is 1.94. The fourth-order valence-electron chi connectivity index (χ4n) is 8.82. The summed E-state index contributed by atoms with van der Waals surface area (Å²) in [5.41, 5.74) is 13.5. The predicted molar refractivity (Wildman–Crippen MR) is 249 cm³/mol. The Morgan fingerprint density at radius 2 is 0.800 bits per heavy atom. The highest BCUT2D eigenvalue weighted by Crippen LogP contribution is 2.40. The molecule has 0 saturated heterocycles. The highest BCUT2D eigenvalue weighted by Gasteiger charge is 2.19.